The molecule has 3 nitrogen and oxygen atoms in total. The van der Waals surface area contributed by atoms with Crippen molar-refractivity contribution in [3.63, 3.8) is 0 Å². The summed E-state index contributed by atoms with van der Waals surface area (Å²) in [6, 6.07) is 6.14. The Bertz CT molecular complexity index is 951. The van der Waals surface area contributed by atoms with Crippen LogP contribution < -0.4 is 21.7 Å². The van der Waals surface area contributed by atoms with E-state index in [-0.39, 0.29) is 5.56 Å². The molecule has 26 heavy (non-hydrogen) atoms. The maximum absolute atomic E-state index is 12.5. The highest BCUT2D eigenvalue weighted by molar-refractivity contribution is 5.71. The van der Waals surface area contributed by atoms with E-state index in [0.29, 0.717) is 0 Å². The molecule has 0 spiro atoms. The lowest BCUT2D eigenvalue weighted by molar-refractivity contribution is 0.937. The van der Waals surface area contributed by atoms with Crippen LogP contribution in [0.4, 0.5) is 5.69 Å². The maximum atomic E-state index is 12.5. The smallest absolute Gasteiger partial charge is 0.255 e. The SMILES string of the molecule is C=C(/C=c1/c(-c2ccc(CC)c(N)c2)c[nH]c(=O)/c1=C/CCC)CCC. The largest absolute Gasteiger partial charge is 0.398 e. The molecule has 3 heteroatoms. The first-order valence-corrected chi connectivity index (χ1v) is 9.51. The third kappa shape index (κ3) is 4.54. The van der Waals surface area contributed by atoms with E-state index in [2.05, 4.69) is 50.5 Å². The van der Waals surface area contributed by atoms with Gasteiger partial charge in [-0.2, -0.15) is 0 Å². The van der Waals surface area contributed by atoms with Crippen molar-refractivity contribution >= 4 is 17.8 Å². The van der Waals surface area contributed by atoms with Crippen LogP contribution in [0.2, 0.25) is 0 Å². The Morgan fingerprint density at radius 2 is 1.96 bits per heavy atom. The minimum atomic E-state index is -0.0594. The number of hydrogen-bond acceptors (Lipinski definition) is 2. The molecule has 0 fully saturated rings. The number of anilines is 1. The van der Waals surface area contributed by atoms with Gasteiger partial charge < -0.3 is 10.7 Å². The molecule has 1 heterocycles. The summed E-state index contributed by atoms with van der Waals surface area (Å²) in [6.07, 6.45) is 10.6. The van der Waals surface area contributed by atoms with Crippen LogP contribution in [0, 0.1) is 0 Å². The van der Waals surface area contributed by atoms with Crippen LogP contribution in [0.1, 0.15) is 52.0 Å². The zero-order valence-corrected chi connectivity index (χ0v) is 16.2. The van der Waals surface area contributed by atoms with Crippen LogP contribution >= 0.6 is 0 Å². The Kier molecular flexibility index (Phi) is 7.02. The van der Waals surface area contributed by atoms with Gasteiger partial charge in [0.2, 0.25) is 0 Å². The van der Waals surface area contributed by atoms with Crippen molar-refractivity contribution in [2.45, 2.75) is 52.9 Å². The number of benzene rings is 1. The van der Waals surface area contributed by atoms with Gasteiger partial charge in [-0.15, -0.1) is 0 Å². The van der Waals surface area contributed by atoms with E-state index in [4.69, 9.17) is 5.73 Å². The summed E-state index contributed by atoms with van der Waals surface area (Å²) in [5.74, 6) is 0. The molecule has 2 rings (SSSR count). The molecular formula is C23H30N2O. The highest BCUT2D eigenvalue weighted by atomic mass is 16.1. The van der Waals surface area contributed by atoms with E-state index < -0.39 is 0 Å². The van der Waals surface area contributed by atoms with Gasteiger partial charge in [0.15, 0.2) is 0 Å². The first-order chi connectivity index (χ1) is 12.5. The first-order valence-electron chi connectivity index (χ1n) is 9.51. The van der Waals surface area contributed by atoms with E-state index in [1.165, 1.54) is 0 Å². The van der Waals surface area contributed by atoms with Gasteiger partial charge in [0.25, 0.3) is 5.56 Å². The molecule has 0 atom stereocenters. The summed E-state index contributed by atoms with van der Waals surface area (Å²) in [4.78, 5) is 15.4. The lowest BCUT2D eigenvalue weighted by Crippen LogP contribution is -2.41. The van der Waals surface area contributed by atoms with Crippen LogP contribution in [0.15, 0.2) is 41.3 Å². The molecule has 0 saturated heterocycles. The predicted octanol–water partition coefficient (Wildman–Crippen LogP) is 3.90. The third-order valence-electron chi connectivity index (χ3n) is 4.57. The molecular weight excluding hydrogens is 320 g/mol. The number of nitrogens with two attached hydrogens (primary N) is 1. The van der Waals surface area contributed by atoms with E-state index in [0.717, 1.165) is 70.5 Å². The quantitative estimate of drug-likeness (QED) is 0.744. The molecule has 138 valence electrons. The van der Waals surface area contributed by atoms with Crippen LogP contribution in [-0.4, -0.2) is 4.98 Å². The average Bonchev–Trinajstić information content (AvgIpc) is 2.61. The van der Waals surface area contributed by atoms with Gasteiger partial charge in [0, 0.05) is 22.7 Å². The second kappa shape index (κ2) is 9.23. The summed E-state index contributed by atoms with van der Waals surface area (Å²) in [7, 11) is 0. The number of aryl methyl sites for hydroxylation is 1. The standard InChI is InChI=1S/C23H30N2O/c1-5-8-10-19-20(13-16(4)9-6-2)21(15-25-23(19)26)18-12-11-17(7-3)22(24)14-18/h10-15H,4-9,24H2,1-3H3,(H,25,26)/b19-10+,20-13+. The first kappa shape index (κ1) is 19.8. The number of nitrogens with one attached hydrogen (secondary N) is 1. The number of nitrogen functional groups attached to an aromatic ring is 1. The minimum Gasteiger partial charge on any atom is -0.398 e. The van der Waals surface area contributed by atoms with Gasteiger partial charge in [-0.3, -0.25) is 4.79 Å². The van der Waals surface area contributed by atoms with Crippen molar-refractivity contribution < 1.29 is 0 Å². The van der Waals surface area contributed by atoms with Crippen molar-refractivity contribution in [1.82, 2.24) is 4.98 Å². The number of aromatic amines is 1. The van der Waals surface area contributed by atoms with Gasteiger partial charge >= 0.3 is 0 Å². The monoisotopic (exact) mass is 350 g/mol. The molecule has 1 aromatic carbocycles. The Balaban J connectivity index is 2.79. The fourth-order valence-electron chi connectivity index (χ4n) is 3.13. The van der Waals surface area contributed by atoms with Gasteiger partial charge in [-0.25, -0.2) is 0 Å². The van der Waals surface area contributed by atoms with Crippen LogP contribution in [0.3, 0.4) is 0 Å². The molecule has 3 N–H and O–H groups in total. The molecule has 0 aliphatic carbocycles. The number of aromatic nitrogens is 1. The fourth-order valence-corrected chi connectivity index (χ4v) is 3.13. The summed E-state index contributed by atoms with van der Waals surface area (Å²) < 4.78 is 0. The number of rotatable bonds is 7. The van der Waals surface area contributed by atoms with Crippen LogP contribution in [-0.2, 0) is 6.42 Å². The number of unbranched alkanes of at least 4 members (excludes halogenated alkanes) is 1. The van der Waals surface area contributed by atoms with E-state index in [1.54, 1.807) is 6.20 Å². The highest BCUT2D eigenvalue weighted by Gasteiger charge is 2.07. The van der Waals surface area contributed by atoms with Crippen LogP contribution in [0.5, 0.6) is 0 Å². The molecule has 0 aliphatic rings. The Morgan fingerprint density at radius 1 is 1.19 bits per heavy atom. The van der Waals surface area contributed by atoms with Crippen molar-refractivity contribution in [2.24, 2.45) is 0 Å². The highest BCUT2D eigenvalue weighted by Crippen LogP contribution is 2.21. The third-order valence-corrected chi connectivity index (χ3v) is 4.57. The molecule has 0 amide bonds. The van der Waals surface area contributed by atoms with Crippen molar-refractivity contribution in [3.05, 3.63) is 62.9 Å². The molecule has 0 radical (unpaired) electrons. The predicted molar refractivity (Wildman–Crippen MR) is 113 cm³/mol. The average molecular weight is 351 g/mol. The van der Waals surface area contributed by atoms with E-state index in [9.17, 15) is 4.79 Å². The number of allylic oxidation sites excluding steroid dienone is 1. The van der Waals surface area contributed by atoms with Crippen LogP contribution in [0.25, 0.3) is 23.3 Å². The molecule has 0 bridgehead atoms. The number of hydrogen-bond donors (Lipinski definition) is 2. The summed E-state index contributed by atoms with van der Waals surface area (Å²) >= 11 is 0. The molecule has 1 aromatic heterocycles. The van der Waals surface area contributed by atoms with E-state index >= 15 is 0 Å². The van der Waals surface area contributed by atoms with Crippen molar-refractivity contribution in [3.8, 4) is 11.1 Å². The summed E-state index contributed by atoms with van der Waals surface area (Å²) in [6.45, 7) is 10.5. The number of H-pyrrole nitrogens is 1. The van der Waals surface area contributed by atoms with Crippen molar-refractivity contribution in [1.29, 1.82) is 0 Å². The maximum Gasteiger partial charge on any atom is 0.255 e. The van der Waals surface area contributed by atoms with E-state index in [1.807, 2.05) is 12.1 Å². The lowest BCUT2D eigenvalue weighted by Gasteiger charge is -2.09. The van der Waals surface area contributed by atoms with Gasteiger partial charge in [0.1, 0.15) is 0 Å². The Morgan fingerprint density at radius 3 is 2.58 bits per heavy atom. The second-order valence-corrected chi connectivity index (χ2v) is 6.67. The summed E-state index contributed by atoms with van der Waals surface area (Å²) in [5.41, 5.74) is 11.1. The zero-order valence-electron chi connectivity index (χ0n) is 16.2. The van der Waals surface area contributed by atoms with Gasteiger partial charge in [0.05, 0.1) is 0 Å². The fraction of sp³-hybridized carbons (Fsp3) is 0.348. The topological polar surface area (TPSA) is 58.9 Å². The molecule has 0 aliphatic heterocycles. The lowest BCUT2D eigenvalue weighted by atomic mass is 9.98. The zero-order chi connectivity index (χ0) is 19.1. The Labute approximate surface area is 156 Å². The van der Waals surface area contributed by atoms with Crippen molar-refractivity contribution in [2.75, 3.05) is 5.73 Å². The summed E-state index contributed by atoms with van der Waals surface area (Å²) in [5, 5.41) is 1.66. The Hall–Kier alpha value is -2.55. The molecule has 2 aromatic rings. The van der Waals surface area contributed by atoms with Gasteiger partial charge in [-0.05, 0) is 41.7 Å². The molecule has 0 saturated carbocycles. The minimum absolute atomic E-state index is 0.0594. The second-order valence-electron chi connectivity index (χ2n) is 6.67. The number of pyridine rings is 1. The molecule has 0 unspecified atom stereocenters. The van der Waals surface area contributed by atoms with Gasteiger partial charge in [-0.1, -0.05) is 70.0 Å². The normalized spacial score (nSPS) is 12.6.